The SMILES string of the molecule is CC(NC(=O)OC(C)(C)C)c1ncc(-c2ccc(-c3ccc(-c4cnc([C@@H]5CCCN5C(=O)OCc5ccccc5)[nH]4)cc3)cc2)[nH]1. The van der Waals surface area contributed by atoms with Gasteiger partial charge in [0.25, 0.3) is 0 Å². The Bertz CT molecular complexity index is 1810. The Hall–Kier alpha value is -5.38. The van der Waals surface area contributed by atoms with Gasteiger partial charge in [-0.1, -0.05) is 78.9 Å². The normalized spacial score (nSPS) is 15.3. The zero-order valence-electron chi connectivity index (χ0n) is 27.1. The van der Waals surface area contributed by atoms with Crippen molar-refractivity contribution in [1.82, 2.24) is 30.2 Å². The maximum absolute atomic E-state index is 12.9. The second kappa shape index (κ2) is 13.5. The second-order valence-electron chi connectivity index (χ2n) is 12.8. The fourth-order valence-corrected chi connectivity index (χ4v) is 5.66. The monoisotopic (exact) mass is 632 g/mol. The molecule has 1 aliphatic rings. The molecule has 1 aliphatic heterocycles. The van der Waals surface area contributed by atoms with Crippen LogP contribution in [-0.4, -0.2) is 49.2 Å². The molecule has 47 heavy (non-hydrogen) atoms. The summed E-state index contributed by atoms with van der Waals surface area (Å²) >= 11 is 0. The largest absolute Gasteiger partial charge is 0.445 e. The summed E-state index contributed by atoms with van der Waals surface area (Å²) < 4.78 is 10.9. The molecular weight excluding hydrogens is 592 g/mol. The second-order valence-corrected chi connectivity index (χ2v) is 12.8. The van der Waals surface area contributed by atoms with Crippen LogP contribution < -0.4 is 5.32 Å². The first-order chi connectivity index (χ1) is 22.6. The third kappa shape index (κ3) is 7.71. The summed E-state index contributed by atoms with van der Waals surface area (Å²) in [4.78, 5) is 42.7. The summed E-state index contributed by atoms with van der Waals surface area (Å²) in [5, 5.41) is 2.81. The zero-order valence-corrected chi connectivity index (χ0v) is 27.1. The molecule has 242 valence electrons. The predicted molar refractivity (Wildman–Crippen MR) is 180 cm³/mol. The molecule has 3 N–H and O–H groups in total. The third-order valence-electron chi connectivity index (χ3n) is 8.07. The fraction of sp³-hybridized carbons (Fsp3) is 0.297. The number of alkyl carbamates (subject to hydrolysis) is 1. The number of benzene rings is 3. The summed E-state index contributed by atoms with van der Waals surface area (Å²) in [6.07, 6.45) is 4.54. The first-order valence-electron chi connectivity index (χ1n) is 15.9. The number of nitrogens with one attached hydrogen (secondary N) is 3. The maximum atomic E-state index is 12.9. The van der Waals surface area contributed by atoms with E-state index in [9.17, 15) is 9.59 Å². The first kappa shape index (κ1) is 31.6. The molecule has 1 saturated heterocycles. The molecular formula is C37H40N6O4. The number of carbonyl (C=O) groups excluding carboxylic acids is 2. The highest BCUT2D eigenvalue weighted by atomic mass is 16.6. The Morgan fingerprint density at radius 1 is 0.872 bits per heavy atom. The number of hydrogen-bond acceptors (Lipinski definition) is 6. The van der Waals surface area contributed by atoms with Gasteiger partial charge in [0.1, 0.15) is 23.9 Å². The number of rotatable bonds is 8. The minimum Gasteiger partial charge on any atom is -0.445 e. The number of carbonyl (C=O) groups is 2. The van der Waals surface area contributed by atoms with Crippen molar-refractivity contribution in [2.45, 2.75) is 64.8 Å². The van der Waals surface area contributed by atoms with Crippen LogP contribution >= 0.6 is 0 Å². The van der Waals surface area contributed by atoms with E-state index in [1.54, 1.807) is 11.1 Å². The highest BCUT2D eigenvalue weighted by Crippen LogP contribution is 2.33. The van der Waals surface area contributed by atoms with Crippen LogP contribution in [0.25, 0.3) is 33.6 Å². The van der Waals surface area contributed by atoms with E-state index in [2.05, 4.69) is 61.7 Å². The third-order valence-corrected chi connectivity index (χ3v) is 8.07. The van der Waals surface area contributed by atoms with E-state index in [-0.39, 0.29) is 24.8 Å². The number of nitrogens with zero attached hydrogens (tertiary/aromatic N) is 3. The number of amides is 2. The van der Waals surface area contributed by atoms with Gasteiger partial charge in [0.2, 0.25) is 0 Å². The topological polar surface area (TPSA) is 125 Å². The fourth-order valence-electron chi connectivity index (χ4n) is 5.66. The van der Waals surface area contributed by atoms with Gasteiger partial charge in [0.15, 0.2) is 0 Å². The van der Waals surface area contributed by atoms with Gasteiger partial charge in [-0.05, 0) is 68.4 Å². The van der Waals surface area contributed by atoms with E-state index in [0.29, 0.717) is 12.4 Å². The highest BCUT2D eigenvalue weighted by molar-refractivity contribution is 5.72. The number of aromatic amines is 2. The number of hydrogen-bond donors (Lipinski definition) is 3. The van der Waals surface area contributed by atoms with Gasteiger partial charge in [0, 0.05) is 6.54 Å². The van der Waals surface area contributed by atoms with Crippen molar-refractivity contribution in [3.8, 4) is 33.6 Å². The van der Waals surface area contributed by atoms with Gasteiger partial charge >= 0.3 is 12.2 Å². The lowest BCUT2D eigenvalue weighted by Gasteiger charge is -2.22. The molecule has 0 aliphatic carbocycles. The van der Waals surface area contributed by atoms with Crippen molar-refractivity contribution >= 4 is 12.2 Å². The van der Waals surface area contributed by atoms with Crippen LogP contribution in [0.3, 0.4) is 0 Å². The molecule has 0 bridgehead atoms. The number of ether oxygens (including phenoxy) is 2. The smallest absolute Gasteiger partial charge is 0.410 e. The molecule has 10 heteroatoms. The van der Waals surface area contributed by atoms with E-state index in [0.717, 1.165) is 57.9 Å². The molecule has 2 atom stereocenters. The van der Waals surface area contributed by atoms with E-state index < -0.39 is 11.7 Å². The van der Waals surface area contributed by atoms with E-state index >= 15 is 0 Å². The molecule has 6 rings (SSSR count). The van der Waals surface area contributed by atoms with Crippen molar-refractivity contribution in [3.63, 3.8) is 0 Å². The Kier molecular flexibility index (Phi) is 9.10. The lowest BCUT2D eigenvalue weighted by Crippen LogP contribution is -2.34. The van der Waals surface area contributed by atoms with E-state index in [1.165, 1.54) is 0 Å². The van der Waals surface area contributed by atoms with Crippen molar-refractivity contribution in [1.29, 1.82) is 0 Å². The Labute approximate surface area is 274 Å². The molecule has 2 aromatic heterocycles. The molecule has 5 aromatic rings. The van der Waals surface area contributed by atoms with Gasteiger partial charge in [-0.15, -0.1) is 0 Å². The molecule has 1 fully saturated rings. The van der Waals surface area contributed by atoms with Crippen LogP contribution in [0.1, 0.15) is 69.8 Å². The lowest BCUT2D eigenvalue weighted by atomic mass is 10.0. The molecule has 1 unspecified atom stereocenters. The number of likely N-dealkylation sites (tertiary alicyclic amines) is 1. The quantitative estimate of drug-likeness (QED) is 0.158. The van der Waals surface area contributed by atoms with Gasteiger partial charge in [-0.3, -0.25) is 4.90 Å². The molecule has 3 heterocycles. The molecule has 3 aromatic carbocycles. The van der Waals surface area contributed by atoms with Crippen LogP contribution in [0, 0.1) is 0 Å². The molecule has 0 radical (unpaired) electrons. The van der Waals surface area contributed by atoms with Crippen molar-refractivity contribution < 1.29 is 19.1 Å². The molecule has 10 nitrogen and oxygen atoms in total. The summed E-state index contributed by atoms with van der Waals surface area (Å²) in [6.45, 7) is 8.24. The van der Waals surface area contributed by atoms with Crippen LogP contribution in [-0.2, 0) is 16.1 Å². The van der Waals surface area contributed by atoms with Gasteiger partial charge in [-0.25, -0.2) is 19.6 Å². The van der Waals surface area contributed by atoms with E-state index in [1.807, 2.05) is 76.4 Å². The Morgan fingerprint density at radius 3 is 2.11 bits per heavy atom. The van der Waals surface area contributed by atoms with Gasteiger partial charge in [-0.2, -0.15) is 0 Å². The summed E-state index contributed by atoms with van der Waals surface area (Å²) in [6, 6.07) is 25.8. The summed E-state index contributed by atoms with van der Waals surface area (Å²) in [5.74, 6) is 1.42. The van der Waals surface area contributed by atoms with Crippen LogP contribution in [0.5, 0.6) is 0 Å². The minimum atomic E-state index is -0.567. The van der Waals surface area contributed by atoms with Crippen LogP contribution in [0.4, 0.5) is 9.59 Å². The van der Waals surface area contributed by atoms with Crippen molar-refractivity contribution in [2.24, 2.45) is 0 Å². The average Bonchev–Trinajstić information content (AvgIpc) is 3.85. The Morgan fingerprint density at radius 2 is 1.47 bits per heavy atom. The minimum absolute atomic E-state index is 0.139. The predicted octanol–water partition coefficient (Wildman–Crippen LogP) is 8.19. The zero-order chi connectivity index (χ0) is 33.0. The molecule has 0 spiro atoms. The Balaban J connectivity index is 1.07. The van der Waals surface area contributed by atoms with Crippen LogP contribution in [0.2, 0.25) is 0 Å². The van der Waals surface area contributed by atoms with E-state index in [4.69, 9.17) is 9.47 Å². The average molecular weight is 633 g/mol. The van der Waals surface area contributed by atoms with Gasteiger partial charge < -0.3 is 24.8 Å². The number of imidazole rings is 2. The standard InChI is InChI=1S/C37H40N6O4/c1-24(40-35(44)47-37(2,3)4)33-38-21-30(41-33)28-16-12-26(13-17-28)27-14-18-29(19-15-27)31-22-39-34(42-31)32-11-8-20-43(32)36(45)46-23-25-9-6-5-7-10-25/h5-7,9-10,12-19,21-22,24,32H,8,11,20,23H2,1-4H3,(H,38,41)(H,39,42)(H,40,44)/t24?,32-/m0/s1. The van der Waals surface area contributed by atoms with Crippen LogP contribution in [0.15, 0.2) is 91.3 Å². The number of H-pyrrole nitrogens is 2. The lowest BCUT2D eigenvalue weighted by molar-refractivity contribution is 0.0505. The summed E-state index contributed by atoms with van der Waals surface area (Å²) in [7, 11) is 0. The first-order valence-corrected chi connectivity index (χ1v) is 15.9. The maximum Gasteiger partial charge on any atom is 0.410 e. The number of aromatic nitrogens is 4. The highest BCUT2D eigenvalue weighted by Gasteiger charge is 2.33. The van der Waals surface area contributed by atoms with Crippen molar-refractivity contribution in [3.05, 3.63) is 108 Å². The molecule has 2 amide bonds. The van der Waals surface area contributed by atoms with Gasteiger partial charge in [0.05, 0.1) is 35.9 Å². The summed E-state index contributed by atoms with van der Waals surface area (Å²) in [5.41, 5.74) is 6.33. The molecule has 0 saturated carbocycles. The van der Waals surface area contributed by atoms with Crippen molar-refractivity contribution in [2.75, 3.05) is 6.54 Å².